The van der Waals surface area contributed by atoms with Crippen LogP contribution in [0.1, 0.15) is 62.5 Å². The first-order valence-electron chi connectivity index (χ1n) is 12.0. The molecule has 3 aromatic rings. The Labute approximate surface area is 219 Å². The van der Waals surface area contributed by atoms with Gasteiger partial charge in [-0.15, -0.1) is 0 Å². The molecule has 0 saturated heterocycles. The maximum atomic E-state index is 6.09. The molecular formula is C28H32I2O2. The van der Waals surface area contributed by atoms with Crippen LogP contribution in [0.4, 0.5) is 0 Å². The molecule has 2 nitrogen and oxygen atoms in total. The van der Waals surface area contributed by atoms with Gasteiger partial charge in [0.1, 0.15) is 11.5 Å². The van der Waals surface area contributed by atoms with E-state index in [1.807, 2.05) is 0 Å². The molecule has 3 aromatic carbocycles. The summed E-state index contributed by atoms with van der Waals surface area (Å²) in [4.78, 5) is 0. The lowest BCUT2D eigenvalue weighted by molar-refractivity contribution is 0.293. The van der Waals surface area contributed by atoms with Gasteiger partial charge in [-0.2, -0.15) is 0 Å². The predicted molar refractivity (Wildman–Crippen MR) is 151 cm³/mol. The highest BCUT2D eigenvalue weighted by Gasteiger charge is 2.10. The van der Waals surface area contributed by atoms with Crippen LogP contribution in [0.5, 0.6) is 11.5 Å². The highest BCUT2D eigenvalue weighted by molar-refractivity contribution is 14.1. The second kappa shape index (κ2) is 12.4. The van der Waals surface area contributed by atoms with Gasteiger partial charge >= 0.3 is 0 Å². The van der Waals surface area contributed by atoms with Crippen molar-refractivity contribution in [1.82, 2.24) is 0 Å². The lowest BCUT2D eigenvalue weighted by Crippen LogP contribution is -2.03. The first-order chi connectivity index (χ1) is 15.7. The zero-order chi connectivity index (χ0) is 22.2. The van der Waals surface area contributed by atoms with Crippen LogP contribution in [-0.4, -0.2) is 13.2 Å². The Morgan fingerprint density at radius 3 is 1.44 bits per heavy atom. The molecule has 0 fully saturated rings. The Balaban J connectivity index is 1.44. The highest BCUT2D eigenvalue weighted by Crippen LogP contribution is 2.32. The first-order valence-corrected chi connectivity index (χ1v) is 14.1. The molecule has 0 atom stereocenters. The lowest BCUT2D eigenvalue weighted by Gasteiger charge is -2.14. The minimum Gasteiger partial charge on any atom is -0.492 e. The summed E-state index contributed by atoms with van der Waals surface area (Å²) in [7, 11) is 0. The monoisotopic (exact) mass is 654 g/mol. The van der Waals surface area contributed by atoms with E-state index in [4.69, 9.17) is 9.47 Å². The number of hydrogen-bond donors (Lipinski definition) is 0. The van der Waals surface area contributed by atoms with Gasteiger partial charge in [0.15, 0.2) is 0 Å². The third kappa shape index (κ3) is 6.52. The van der Waals surface area contributed by atoms with Crippen LogP contribution in [0.25, 0.3) is 10.8 Å². The van der Waals surface area contributed by atoms with Gasteiger partial charge in [0, 0.05) is 0 Å². The smallest absolute Gasteiger partial charge is 0.133 e. The Morgan fingerprint density at radius 2 is 0.969 bits per heavy atom. The van der Waals surface area contributed by atoms with E-state index in [9.17, 15) is 0 Å². The van der Waals surface area contributed by atoms with Gasteiger partial charge in [0.2, 0.25) is 0 Å². The van der Waals surface area contributed by atoms with Gasteiger partial charge in [-0.25, -0.2) is 0 Å². The number of halogens is 2. The van der Waals surface area contributed by atoms with Crippen molar-refractivity contribution in [3.05, 3.63) is 66.8 Å². The van der Waals surface area contributed by atoms with E-state index in [1.54, 1.807) is 0 Å². The van der Waals surface area contributed by atoms with E-state index in [0.29, 0.717) is 0 Å². The molecule has 32 heavy (non-hydrogen) atoms. The van der Waals surface area contributed by atoms with Crippen molar-refractivity contribution >= 4 is 56.0 Å². The number of rotatable bonds is 0. The highest BCUT2D eigenvalue weighted by atomic mass is 127. The maximum Gasteiger partial charge on any atom is 0.133 e. The summed E-state index contributed by atoms with van der Waals surface area (Å²) >= 11 is 4.73. The summed E-state index contributed by atoms with van der Waals surface area (Å²) in [6.45, 7) is 1.56. The van der Waals surface area contributed by atoms with Crippen LogP contribution in [0.15, 0.2) is 48.5 Å². The van der Waals surface area contributed by atoms with Crippen molar-refractivity contribution in [3.8, 4) is 11.5 Å². The van der Waals surface area contributed by atoms with E-state index in [2.05, 4.69) is 93.7 Å². The van der Waals surface area contributed by atoms with Crippen molar-refractivity contribution in [2.24, 2.45) is 0 Å². The molecule has 4 heteroatoms. The third-order valence-electron chi connectivity index (χ3n) is 6.29. The summed E-state index contributed by atoms with van der Waals surface area (Å²) in [5.74, 6) is 1.96. The summed E-state index contributed by atoms with van der Waals surface area (Å²) in [5, 5.41) is 2.91. The number of benzene rings is 3. The minimum absolute atomic E-state index is 0.782. The van der Waals surface area contributed by atoms with E-state index in [0.717, 1.165) is 44.7 Å². The summed E-state index contributed by atoms with van der Waals surface area (Å²) in [5.41, 5.74) is 3.01. The molecule has 0 saturated carbocycles. The molecule has 0 aromatic heterocycles. The molecule has 0 radical (unpaired) electrons. The number of hydrogen-bond acceptors (Lipinski definition) is 2. The fourth-order valence-corrected chi connectivity index (χ4v) is 5.69. The largest absolute Gasteiger partial charge is 0.492 e. The van der Waals surface area contributed by atoms with Crippen LogP contribution >= 0.6 is 45.2 Å². The van der Waals surface area contributed by atoms with Gasteiger partial charge in [-0.3, -0.25) is 0 Å². The average Bonchev–Trinajstić information content (AvgIpc) is 2.80. The molecule has 0 aliphatic carbocycles. The Kier molecular flexibility index (Phi) is 9.38. The molecule has 0 N–H and O–H groups in total. The molecule has 0 spiro atoms. The van der Waals surface area contributed by atoms with Crippen LogP contribution in [0.2, 0.25) is 0 Å². The van der Waals surface area contributed by atoms with Crippen molar-refractivity contribution in [1.29, 1.82) is 0 Å². The fourth-order valence-electron chi connectivity index (χ4n) is 4.50. The zero-order valence-corrected chi connectivity index (χ0v) is 23.0. The molecule has 4 bridgehead atoms. The fraction of sp³-hybridized carbons (Fsp3) is 0.429. The van der Waals surface area contributed by atoms with E-state index < -0.39 is 0 Å². The van der Waals surface area contributed by atoms with E-state index in [1.165, 1.54) is 73.3 Å². The van der Waals surface area contributed by atoms with Crippen LogP contribution in [-0.2, 0) is 12.8 Å². The van der Waals surface area contributed by atoms with Crippen molar-refractivity contribution in [2.45, 2.75) is 64.2 Å². The van der Waals surface area contributed by atoms with Crippen molar-refractivity contribution in [2.75, 3.05) is 13.2 Å². The summed E-state index contributed by atoms with van der Waals surface area (Å²) in [6, 6.07) is 18.0. The number of ether oxygens (including phenoxy) is 2. The second-order valence-electron chi connectivity index (χ2n) is 8.67. The van der Waals surface area contributed by atoms with Crippen LogP contribution in [0.3, 0.4) is 0 Å². The molecule has 170 valence electrons. The minimum atomic E-state index is 0.782. The molecule has 4 aliphatic heterocycles. The van der Waals surface area contributed by atoms with Gasteiger partial charge in [0.25, 0.3) is 0 Å². The Bertz CT molecular complexity index is 949. The van der Waals surface area contributed by atoms with Crippen molar-refractivity contribution in [3.63, 3.8) is 0 Å². The third-order valence-corrected chi connectivity index (χ3v) is 7.97. The molecule has 0 unspecified atom stereocenters. The first kappa shape index (κ1) is 24.1. The molecule has 4 aliphatic rings. The maximum absolute atomic E-state index is 6.09. The Morgan fingerprint density at radius 1 is 0.531 bits per heavy atom. The van der Waals surface area contributed by atoms with E-state index >= 15 is 0 Å². The lowest BCUT2D eigenvalue weighted by atomic mass is 9.93. The number of aryl methyl sites for hydroxylation is 2. The van der Waals surface area contributed by atoms with Gasteiger partial charge in [-0.05, 0) is 118 Å². The molecule has 7 rings (SSSR count). The van der Waals surface area contributed by atoms with Crippen LogP contribution < -0.4 is 9.47 Å². The zero-order valence-electron chi connectivity index (χ0n) is 18.7. The van der Waals surface area contributed by atoms with Gasteiger partial charge < -0.3 is 9.47 Å². The topological polar surface area (TPSA) is 18.5 Å². The van der Waals surface area contributed by atoms with Gasteiger partial charge in [-0.1, -0.05) is 62.1 Å². The Hall–Kier alpha value is -1.02. The van der Waals surface area contributed by atoms with Gasteiger partial charge in [0.05, 0.1) is 20.4 Å². The summed E-state index contributed by atoms with van der Waals surface area (Å²) < 4.78 is 14.5. The predicted octanol–water partition coefficient (Wildman–Crippen LogP) is 8.73. The van der Waals surface area contributed by atoms with Crippen LogP contribution in [0, 0.1) is 7.14 Å². The molecule has 0 amide bonds. The van der Waals surface area contributed by atoms with Crippen molar-refractivity contribution < 1.29 is 9.47 Å². The average molecular weight is 654 g/mol. The molecular weight excluding hydrogens is 622 g/mol. The standard InChI is InChI=1S/C28H32I2O2/c29-25-20-28-26(30)19-27(25)31-17-9-3-1-5-11-21-15-16-22(12-6-2-4-10-18-32-28)24-14-8-7-13-23(21)24/h7-8,13-16,19-20H,1-6,9-12,17-18H2. The van der Waals surface area contributed by atoms with E-state index in [-0.39, 0.29) is 0 Å². The summed E-state index contributed by atoms with van der Waals surface area (Å²) in [6.07, 6.45) is 11.9. The molecule has 4 heterocycles. The second-order valence-corrected chi connectivity index (χ2v) is 11.0. The quantitative estimate of drug-likeness (QED) is 0.226. The SMILES string of the molecule is Ic1cc2c(I)cc1OCCCCCCc1ccc(c3ccccc13)CCCCCCO2. The normalized spacial score (nSPS) is 16.7.